The van der Waals surface area contributed by atoms with Gasteiger partial charge in [-0.25, -0.2) is 4.98 Å². The molecule has 1 fully saturated rings. The Hall–Kier alpha value is -1.14. The third kappa shape index (κ3) is 4.80. The minimum absolute atomic E-state index is 0.0885. The van der Waals surface area contributed by atoms with E-state index < -0.39 is 0 Å². The number of hydrogen-bond donors (Lipinski definition) is 1. The van der Waals surface area contributed by atoms with Crippen molar-refractivity contribution >= 4 is 17.7 Å². The summed E-state index contributed by atoms with van der Waals surface area (Å²) in [6.07, 6.45) is 7.05. The van der Waals surface area contributed by atoms with Crippen molar-refractivity contribution in [3.05, 3.63) is 18.6 Å². The van der Waals surface area contributed by atoms with Crippen LogP contribution in [0.2, 0.25) is 0 Å². The summed E-state index contributed by atoms with van der Waals surface area (Å²) < 4.78 is 0. The molecule has 0 aliphatic carbocycles. The Kier molecular flexibility index (Phi) is 5.60. The molecule has 0 aromatic carbocycles. The van der Waals surface area contributed by atoms with Gasteiger partial charge in [0.15, 0.2) is 0 Å². The van der Waals surface area contributed by atoms with Gasteiger partial charge in [0.1, 0.15) is 5.03 Å². The first-order valence-electron chi connectivity index (χ1n) is 6.68. The van der Waals surface area contributed by atoms with Crippen LogP contribution in [0.15, 0.2) is 23.6 Å². The molecule has 5 nitrogen and oxygen atoms in total. The van der Waals surface area contributed by atoms with E-state index in [1.165, 1.54) is 11.8 Å². The zero-order valence-corrected chi connectivity index (χ0v) is 12.0. The average molecular weight is 280 g/mol. The topological polar surface area (TPSA) is 58.1 Å². The summed E-state index contributed by atoms with van der Waals surface area (Å²) in [7, 11) is 0. The summed E-state index contributed by atoms with van der Waals surface area (Å²) in [5, 5.41) is 3.89. The molecular weight excluding hydrogens is 260 g/mol. The van der Waals surface area contributed by atoms with Gasteiger partial charge in [0, 0.05) is 31.5 Å². The Bertz CT molecular complexity index is 393. The molecule has 19 heavy (non-hydrogen) atoms. The van der Waals surface area contributed by atoms with Gasteiger partial charge >= 0.3 is 0 Å². The van der Waals surface area contributed by atoms with Gasteiger partial charge in [-0.1, -0.05) is 18.7 Å². The SMILES string of the molecule is CCN1CCC(NC(=O)CSc2cnccn2)CC1. The molecule has 1 N–H and O–H groups in total. The Morgan fingerprint density at radius 1 is 1.47 bits per heavy atom. The van der Waals surface area contributed by atoms with Crippen LogP contribution in [0.3, 0.4) is 0 Å². The van der Waals surface area contributed by atoms with E-state index in [1.807, 2.05) is 0 Å². The first kappa shape index (κ1) is 14.3. The number of nitrogens with zero attached hydrogens (tertiary/aromatic N) is 3. The molecule has 0 saturated carbocycles. The predicted octanol–water partition coefficient (Wildman–Crippen LogP) is 1.17. The molecule has 0 unspecified atom stereocenters. The van der Waals surface area contributed by atoms with E-state index in [9.17, 15) is 4.79 Å². The highest BCUT2D eigenvalue weighted by molar-refractivity contribution is 7.99. The summed E-state index contributed by atoms with van der Waals surface area (Å²) in [4.78, 5) is 22.4. The lowest BCUT2D eigenvalue weighted by Crippen LogP contribution is -2.45. The van der Waals surface area contributed by atoms with E-state index >= 15 is 0 Å². The molecule has 6 heteroatoms. The monoisotopic (exact) mass is 280 g/mol. The van der Waals surface area contributed by atoms with Crippen molar-refractivity contribution < 1.29 is 4.79 Å². The summed E-state index contributed by atoms with van der Waals surface area (Å²) >= 11 is 1.43. The number of carbonyl (C=O) groups excluding carboxylic acids is 1. The third-order valence-corrected chi connectivity index (χ3v) is 4.20. The third-order valence-electron chi connectivity index (χ3n) is 3.29. The fourth-order valence-corrected chi connectivity index (χ4v) is 2.80. The quantitative estimate of drug-likeness (QED) is 0.821. The maximum Gasteiger partial charge on any atom is 0.230 e. The Balaban J connectivity index is 1.67. The van der Waals surface area contributed by atoms with Gasteiger partial charge in [-0.3, -0.25) is 9.78 Å². The minimum Gasteiger partial charge on any atom is -0.353 e. The first-order chi connectivity index (χ1) is 9.28. The Labute approximate surface area is 118 Å². The largest absolute Gasteiger partial charge is 0.353 e. The standard InChI is InChI=1S/C13H20N4OS/c1-2-17-7-3-11(4-8-17)16-12(18)10-19-13-9-14-5-6-15-13/h5-6,9,11H,2-4,7-8,10H2,1H3,(H,16,18). The molecule has 0 radical (unpaired) electrons. The smallest absolute Gasteiger partial charge is 0.230 e. The number of thioether (sulfide) groups is 1. The summed E-state index contributed by atoms with van der Waals surface area (Å²) in [6.45, 7) is 5.44. The summed E-state index contributed by atoms with van der Waals surface area (Å²) in [5.41, 5.74) is 0. The second-order valence-electron chi connectivity index (χ2n) is 4.61. The highest BCUT2D eigenvalue weighted by Gasteiger charge is 2.19. The number of carbonyl (C=O) groups is 1. The van der Waals surface area contributed by atoms with E-state index in [2.05, 4.69) is 27.1 Å². The molecule has 0 spiro atoms. The maximum atomic E-state index is 11.8. The van der Waals surface area contributed by atoms with Crippen molar-refractivity contribution in [1.82, 2.24) is 20.2 Å². The zero-order valence-electron chi connectivity index (χ0n) is 11.2. The van der Waals surface area contributed by atoms with Crippen LogP contribution >= 0.6 is 11.8 Å². The molecule has 1 aromatic heterocycles. The van der Waals surface area contributed by atoms with E-state index in [0.717, 1.165) is 37.5 Å². The molecule has 2 heterocycles. The summed E-state index contributed by atoms with van der Waals surface area (Å²) in [5.74, 6) is 0.498. The Morgan fingerprint density at radius 3 is 2.89 bits per heavy atom. The average Bonchev–Trinajstić information content (AvgIpc) is 2.47. The molecule has 1 aliphatic heterocycles. The van der Waals surface area contributed by atoms with Crippen molar-refractivity contribution in [1.29, 1.82) is 0 Å². The minimum atomic E-state index is 0.0885. The van der Waals surface area contributed by atoms with Crippen LogP contribution in [0.25, 0.3) is 0 Å². The van der Waals surface area contributed by atoms with Crippen LogP contribution in [-0.2, 0) is 4.79 Å². The fourth-order valence-electron chi connectivity index (χ4n) is 2.16. The molecule has 0 bridgehead atoms. The number of aromatic nitrogens is 2. The number of rotatable bonds is 5. The van der Waals surface area contributed by atoms with Crippen LogP contribution in [-0.4, -0.2) is 52.2 Å². The predicted molar refractivity (Wildman–Crippen MR) is 76.0 cm³/mol. The molecule has 2 rings (SSSR count). The van der Waals surface area contributed by atoms with Gasteiger partial charge in [-0.05, 0) is 19.4 Å². The number of nitrogens with one attached hydrogen (secondary N) is 1. The molecule has 1 aliphatic rings. The van der Waals surface area contributed by atoms with Crippen LogP contribution in [0.5, 0.6) is 0 Å². The van der Waals surface area contributed by atoms with Crippen molar-refractivity contribution in [2.45, 2.75) is 30.8 Å². The van der Waals surface area contributed by atoms with Crippen molar-refractivity contribution in [2.24, 2.45) is 0 Å². The van der Waals surface area contributed by atoms with Crippen molar-refractivity contribution in [2.75, 3.05) is 25.4 Å². The lowest BCUT2D eigenvalue weighted by atomic mass is 10.1. The van der Waals surface area contributed by atoms with E-state index in [0.29, 0.717) is 11.8 Å². The molecular formula is C13H20N4OS. The van der Waals surface area contributed by atoms with Gasteiger partial charge in [0.2, 0.25) is 5.91 Å². The first-order valence-corrected chi connectivity index (χ1v) is 7.67. The second kappa shape index (κ2) is 7.45. The van der Waals surface area contributed by atoms with Crippen LogP contribution in [0, 0.1) is 0 Å². The van der Waals surface area contributed by atoms with Crippen molar-refractivity contribution in [3.63, 3.8) is 0 Å². The molecule has 104 valence electrons. The normalized spacial score (nSPS) is 17.3. The lowest BCUT2D eigenvalue weighted by molar-refractivity contribution is -0.119. The molecule has 0 atom stereocenters. The lowest BCUT2D eigenvalue weighted by Gasteiger charge is -2.31. The number of hydrogen-bond acceptors (Lipinski definition) is 5. The molecule has 1 saturated heterocycles. The van der Waals surface area contributed by atoms with E-state index in [4.69, 9.17) is 0 Å². The summed E-state index contributed by atoms with van der Waals surface area (Å²) in [6, 6.07) is 0.331. The highest BCUT2D eigenvalue weighted by atomic mass is 32.2. The molecule has 1 amide bonds. The van der Waals surface area contributed by atoms with Crippen LogP contribution in [0.4, 0.5) is 0 Å². The van der Waals surface area contributed by atoms with E-state index in [-0.39, 0.29) is 5.91 Å². The van der Waals surface area contributed by atoms with Gasteiger partial charge in [-0.15, -0.1) is 0 Å². The fraction of sp³-hybridized carbons (Fsp3) is 0.615. The zero-order chi connectivity index (χ0) is 13.5. The van der Waals surface area contributed by atoms with Gasteiger partial charge < -0.3 is 10.2 Å². The number of amides is 1. The van der Waals surface area contributed by atoms with Crippen molar-refractivity contribution in [3.8, 4) is 0 Å². The second-order valence-corrected chi connectivity index (χ2v) is 5.60. The van der Waals surface area contributed by atoms with Gasteiger partial charge in [0.25, 0.3) is 0 Å². The Morgan fingerprint density at radius 2 is 2.26 bits per heavy atom. The van der Waals surface area contributed by atoms with Crippen LogP contribution in [0.1, 0.15) is 19.8 Å². The van der Waals surface area contributed by atoms with Gasteiger partial charge in [-0.2, -0.15) is 0 Å². The molecule has 1 aromatic rings. The number of likely N-dealkylation sites (tertiary alicyclic amines) is 1. The highest BCUT2D eigenvalue weighted by Crippen LogP contribution is 2.13. The van der Waals surface area contributed by atoms with Crippen LogP contribution < -0.4 is 5.32 Å². The number of piperidine rings is 1. The van der Waals surface area contributed by atoms with E-state index in [1.54, 1.807) is 18.6 Å². The van der Waals surface area contributed by atoms with Gasteiger partial charge in [0.05, 0.1) is 11.9 Å². The maximum absolute atomic E-state index is 11.8.